The van der Waals surface area contributed by atoms with E-state index < -0.39 is 0 Å². The van der Waals surface area contributed by atoms with Gasteiger partial charge in [-0.15, -0.1) is 0 Å². The summed E-state index contributed by atoms with van der Waals surface area (Å²) in [6, 6.07) is 0. The fourth-order valence-electron chi connectivity index (χ4n) is 3.78. The van der Waals surface area contributed by atoms with E-state index in [0.29, 0.717) is 0 Å². The number of imidazole rings is 1. The summed E-state index contributed by atoms with van der Waals surface area (Å²) in [5, 5.41) is 3.73. The van der Waals surface area contributed by atoms with Gasteiger partial charge in [0.25, 0.3) is 0 Å². The van der Waals surface area contributed by atoms with Crippen LogP contribution in [0.1, 0.15) is 38.9 Å². The lowest BCUT2D eigenvalue weighted by molar-refractivity contribution is 0.311. The minimum atomic E-state index is 0.746. The van der Waals surface area contributed by atoms with Crippen molar-refractivity contribution in [3.8, 4) is 0 Å². The highest BCUT2D eigenvalue weighted by Crippen LogP contribution is 2.29. The molecule has 1 N–H and O–H groups in total. The molecule has 110 valence electrons. The van der Waals surface area contributed by atoms with E-state index in [2.05, 4.69) is 41.0 Å². The fraction of sp³-hybridized carbons (Fsp3) is 0.706. The second-order valence-corrected chi connectivity index (χ2v) is 6.67. The van der Waals surface area contributed by atoms with Crippen LogP contribution in [0.3, 0.4) is 0 Å². The van der Waals surface area contributed by atoms with Gasteiger partial charge in [0, 0.05) is 31.9 Å². The SMILES string of the molecule is CC1=CCCC(C)C1CNCC1CCc2nccn2C1. The Labute approximate surface area is 122 Å². The third kappa shape index (κ3) is 2.98. The maximum atomic E-state index is 4.40. The van der Waals surface area contributed by atoms with E-state index >= 15 is 0 Å². The number of hydrogen-bond acceptors (Lipinski definition) is 2. The molecular formula is C17H27N3. The van der Waals surface area contributed by atoms with Crippen molar-refractivity contribution in [1.29, 1.82) is 0 Å². The number of allylic oxidation sites excluding steroid dienone is 1. The first-order valence-electron chi connectivity index (χ1n) is 8.11. The third-order valence-corrected chi connectivity index (χ3v) is 5.19. The molecule has 1 aliphatic heterocycles. The molecule has 1 aliphatic carbocycles. The van der Waals surface area contributed by atoms with E-state index in [0.717, 1.165) is 43.8 Å². The molecule has 3 nitrogen and oxygen atoms in total. The molecule has 3 atom stereocenters. The van der Waals surface area contributed by atoms with Crippen LogP contribution in [-0.2, 0) is 13.0 Å². The quantitative estimate of drug-likeness (QED) is 0.855. The lowest BCUT2D eigenvalue weighted by Gasteiger charge is -2.30. The van der Waals surface area contributed by atoms with E-state index in [4.69, 9.17) is 0 Å². The Morgan fingerprint density at radius 2 is 2.25 bits per heavy atom. The smallest absolute Gasteiger partial charge is 0.108 e. The first kappa shape index (κ1) is 13.9. The van der Waals surface area contributed by atoms with Gasteiger partial charge in [-0.25, -0.2) is 4.98 Å². The van der Waals surface area contributed by atoms with Crippen LogP contribution < -0.4 is 5.32 Å². The molecule has 3 unspecified atom stereocenters. The summed E-state index contributed by atoms with van der Waals surface area (Å²) in [4.78, 5) is 4.40. The number of rotatable bonds is 4. The van der Waals surface area contributed by atoms with Gasteiger partial charge in [0.1, 0.15) is 5.82 Å². The zero-order chi connectivity index (χ0) is 13.9. The number of aromatic nitrogens is 2. The third-order valence-electron chi connectivity index (χ3n) is 5.19. The van der Waals surface area contributed by atoms with Crippen molar-refractivity contribution in [2.24, 2.45) is 17.8 Å². The van der Waals surface area contributed by atoms with Gasteiger partial charge in [-0.1, -0.05) is 18.6 Å². The van der Waals surface area contributed by atoms with Crippen LogP contribution in [-0.4, -0.2) is 22.6 Å². The summed E-state index contributed by atoms with van der Waals surface area (Å²) in [6.45, 7) is 8.14. The molecule has 1 aromatic rings. The lowest BCUT2D eigenvalue weighted by atomic mass is 9.80. The van der Waals surface area contributed by atoms with Crippen LogP contribution in [0.2, 0.25) is 0 Å². The lowest BCUT2D eigenvalue weighted by Crippen LogP contribution is -2.35. The summed E-state index contributed by atoms with van der Waals surface area (Å²) in [6.07, 6.45) is 11.5. The zero-order valence-electron chi connectivity index (χ0n) is 12.8. The average Bonchev–Trinajstić information content (AvgIpc) is 2.89. The van der Waals surface area contributed by atoms with Gasteiger partial charge in [0.15, 0.2) is 0 Å². The van der Waals surface area contributed by atoms with Crippen molar-refractivity contribution in [2.45, 2.75) is 46.1 Å². The summed E-state index contributed by atoms with van der Waals surface area (Å²) in [5.41, 5.74) is 1.59. The Hall–Kier alpha value is -1.09. The normalized spacial score (nSPS) is 29.9. The van der Waals surface area contributed by atoms with Crippen molar-refractivity contribution in [1.82, 2.24) is 14.9 Å². The zero-order valence-corrected chi connectivity index (χ0v) is 12.8. The van der Waals surface area contributed by atoms with Crippen LogP contribution >= 0.6 is 0 Å². The molecule has 0 bridgehead atoms. The Morgan fingerprint density at radius 3 is 3.10 bits per heavy atom. The Bertz CT molecular complexity index is 474. The summed E-state index contributed by atoms with van der Waals surface area (Å²) in [7, 11) is 0. The Kier molecular flexibility index (Phi) is 4.25. The predicted octanol–water partition coefficient (Wildman–Crippen LogP) is 3.03. The molecule has 0 fully saturated rings. The summed E-state index contributed by atoms with van der Waals surface area (Å²) >= 11 is 0. The highest BCUT2D eigenvalue weighted by atomic mass is 15.1. The van der Waals surface area contributed by atoms with Crippen LogP contribution in [0.15, 0.2) is 24.0 Å². The van der Waals surface area contributed by atoms with Crippen molar-refractivity contribution in [3.05, 3.63) is 29.9 Å². The minimum Gasteiger partial charge on any atom is -0.335 e. The van der Waals surface area contributed by atoms with Gasteiger partial charge in [0.05, 0.1) is 0 Å². The summed E-state index contributed by atoms with van der Waals surface area (Å²) < 4.78 is 2.32. The second kappa shape index (κ2) is 6.13. The van der Waals surface area contributed by atoms with E-state index in [-0.39, 0.29) is 0 Å². The molecule has 0 amide bonds. The van der Waals surface area contributed by atoms with E-state index in [9.17, 15) is 0 Å². The molecule has 20 heavy (non-hydrogen) atoms. The maximum Gasteiger partial charge on any atom is 0.108 e. The first-order chi connectivity index (χ1) is 9.74. The number of nitrogens with zero attached hydrogens (tertiary/aromatic N) is 2. The van der Waals surface area contributed by atoms with Gasteiger partial charge in [-0.2, -0.15) is 0 Å². The number of hydrogen-bond donors (Lipinski definition) is 1. The van der Waals surface area contributed by atoms with Gasteiger partial charge < -0.3 is 9.88 Å². The van der Waals surface area contributed by atoms with Crippen molar-refractivity contribution >= 4 is 0 Å². The predicted molar refractivity (Wildman–Crippen MR) is 82.6 cm³/mol. The number of fused-ring (bicyclic) bond motifs is 1. The maximum absolute atomic E-state index is 4.40. The first-order valence-corrected chi connectivity index (χ1v) is 8.11. The van der Waals surface area contributed by atoms with Gasteiger partial charge in [0.2, 0.25) is 0 Å². The van der Waals surface area contributed by atoms with Crippen molar-refractivity contribution < 1.29 is 0 Å². The molecule has 2 heterocycles. The van der Waals surface area contributed by atoms with Crippen LogP contribution in [0.4, 0.5) is 0 Å². The Balaban J connectivity index is 1.46. The molecular weight excluding hydrogens is 246 g/mol. The molecule has 0 spiro atoms. The van der Waals surface area contributed by atoms with Crippen molar-refractivity contribution in [3.63, 3.8) is 0 Å². The second-order valence-electron chi connectivity index (χ2n) is 6.67. The van der Waals surface area contributed by atoms with Gasteiger partial charge >= 0.3 is 0 Å². The summed E-state index contributed by atoms with van der Waals surface area (Å²) in [5.74, 6) is 3.61. The number of nitrogens with one attached hydrogen (secondary N) is 1. The van der Waals surface area contributed by atoms with E-state index in [1.807, 2.05) is 6.20 Å². The van der Waals surface area contributed by atoms with Crippen molar-refractivity contribution in [2.75, 3.05) is 13.1 Å². The van der Waals surface area contributed by atoms with Crippen LogP contribution in [0.5, 0.6) is 0 Å². The minimum absolute atomic E-state index is 0.746. The van der Waals surface area contributed by atoms with Gasteiger partial charge in [-0.3, -0.25) is 0 Å². The van der Waals surface area contributed by atoms with Crippen LogP contribution in [0, 0.1) is 17.8 Å². The largest absolute Gasteiger partial charge is 0.335 e. The molecule has 3 heteroatoms. The average molecular weight is 273 g/mol. The molecule has 3 rings (SSSR count). The fourth-order valence-corrected chi connectivity index (χ4v) is 3.78. The molecule has 2 aliphatic rings. The molecule has 0 radical (unpaired) electrons. The standard InChI is InChI=1S/C17H27N3/c1-13-4-3-5-14(2)16(13)11-18-10-15-6-7-17-19-8-9-20(17)12-15/h4,8-9,14-16,18H,3,5-7,10-12H2,1-2H3. The topological polar surface area (TPSA) is 29.9 Å². The highest BCUT2D eigenvalue weighted by Gasteiger charge is 2.23. The van der Waals surface area contributed by atoms with E-state index in [1.165, 1.54) is 25.1 Å². The molecule has 0 saturated carbocycles. The van der Waals surface area contributed by atoms with Gasteiger partial charge in [-0.05, 0) is 50.5 Å². The molecule has 0 aromatic carbocycles. The molecule has 1 aromatic heterocycles. The van der Waals surface area contributed by atoms with Crippen LogP contribution in [0.25, 0.3) is 0 Å². The Morgan fingerprint density at radius 1 is 1.35 bits per heavy atom. The monoisotopic (exact) mass is 273 g/mol. The molecule has 0 saturated heterocycles. The van der Waals surface area contributed by atoms with E-state index in [1.54, 1.807) is 5.57 Å². The number of aryl methyl sites for hydroxylation is 1. The highest BCUT2D eigenvalue weighted by molar-refractivity contribution is 5.09.